The van der Waals surface area contributed by atoms with Gasteiger partial charge in [0.1, 0.15) is 17.9 Å². The first-order chi connectivity index (χ1) is 23.6. The van der Waals surface area contributed by atoms with Crippen molar-refractivity contribution < 1.29 is 15.0 Å². The number of likely N-dealkylation sites (tertiary alicyclic amines) is 1. The molecule has 8 N–H and O–H groups in total. The van der Waals surface area contributed by atoms with Crippen molar-refractivity contribution >= 4 is 12.0 Å². The summed E-state index contributed by atoms with van der Waals surface area (Å²) in [4.78, 5) is 15.7. The highest BCUT2D eigenvalue weighted by Crippen LogP contribution is 2.59. The molecule has 1 aliphatic heterocycles. The van der Waals surface area contributed by atoms with Gasteiger partial charge in [-0.15, -0.1) is 0 Å². The number of para-hydroxylation sites is 1. The molecule has 5 rings (SSSR count). The van der Waals surface area contributed by atoms with Crippen molar-refractivity contribution in [2.75, 3.05) is 33.3 Å². The molecule has 0 aromatic heterocycles. The quantitative estimate of drug-likeness (QED) is 0.115. The molecular weight excluding hydrogens is 610 g/mol. The highest BCUT2D eigenvalue weighted by atomic mass is 16.3. The molecule has 0 radical (unpaired) electrons. The Morgan fingerprint density at radius 3 is 2.16 bits per heavy atom. The van der Waals surface area contributed by atoms with E-state index in [0.29, 0.717) is 28.5 Å². The van der Waals surface area contributed by atoms with Crippen LogP contribution in [0.4, 0.5) is 0 Å². The molecule has 1 heterocycles. The molecule has 2 aliphatic carbocycles. The molecule has 8 heteroatoms. The third-order valence-corrected chi connectivity index (χ3v) is 10.7. The molecule has 3 fully saturated rings. The summed E-state index contributed by atoms with van der Waals surface area (Å²) >= 11 is 0. The maximum Gasteiger partial charge on any atom is 0.124 e. The predicted molar refractivity (Wildman–Crippen MR) is 203 cm³/mol. The van der Waals surface area contributed by atoms with Crippen molar-refractivity contribution in [2.45, 2.75) is 104 Å². The van der Waals surface area contributed by atoms with E-state index in [-0.39, 0.29) is 11.6 Å². The summed E-state index contributed by atoms with van der Waals surface area (Å²) in [5.41, 5.74) is 23.3. The number of hydrogen-bond donors (Lipinski definition) is 5. The topological polar surface area (TPSA) is 142 Å². The van der Waals surface area contributed by atoms with Gasteiger partial charge in [-0.1, -0.05) is 75.6 Å². The third-order valence-electron chi connectivity index (χ3n) is 10.7. The van der Waals surface area contributed by atoms with E-state index in [2.05, 4.69) is 61.8 Å². The van der Waals surface area contributed by atoms with Crippen LogP contribution in [0, 0.1) is 24.2 Å². The number of aryl methyl sites for hydroxylation is 1. The fraction of sp³-hybridized carbons (Fsp3) is 0.585. The fourth-order valence-corrected chi connectivity index (χ4v) is 8.02. The SMILES string of the molecule is CCCCC(C)CN(CCC)C(/C=C(\N)c1ccccc1O)=C(N)N.CO.Cc1ccc(C2CCN(C3CC4(CC(C=O)C4)C3)CC2)cc1. The van der Waals surface area contributed by atoms with Gasteiger partial charge in [0.15, 0.2) is 0 Å². The van der Waals surface area contributed by atoms with E-state index in [1.165, 1.54) is 88.3 Å². The molecule has 2 aromatic carbocycles. The number of phenols is 1. The number of aliphatic hydroxyl groups excluding tert-OH is 1. The van der Waals surface area contributed by atoms with Gasteiger partial charge in [0.05, 0.1) is 5.70 Å². The van der Waals surface area contributed by atoms with Crippen LogP contribution in [0.15, 0.2) is 66.1 Å². The number of carbonyl (C=O) groups is 1. The number of carbonyl (C=O) groups excluding carboxylic acids is 1. The summed E-state index contributed by atoms with van der Waals surface area (Å²) in [6.45, 7) is 13.0. The van der Waals surface area contributed by atoms with Crippen molar-refractivity contribution in [3.63, 3.8) is 0 Å². The third kappa shape index (κ3) is 11.3. The number of aldehydes is 1. The van der Waals surface area contributed by atoms with Gasteiger partial charge in [0.2, 0.25) is 0 Å². The molecule has 0 amide bonds. The van der Waals surface area contributed by atoms with Crippen molar-refractivity contribution in [3.8, 4) is 5.75 Å². The van der Waals surface area contributed by atoms with Crippen LogP contribution in [0.1, 0.15) is 108 Å². The van der Waals surface area contributed by atoms with Gasteiger partial charge in [-0.3, -0.25) is 0 Å². The minimum absolute atomic E-state index is 0.143. The van der Waals surface area contributed by atoms with Crippen LogP contribution >= 0.6 is 0 Å². The maximum atomic E-state index is 10.8. The summed E-state index contributed by atoms with van der Waals surface area (Å²) in [7, 11) is 1.00. The van der Waals surface area contributed by atoms with Crippen LogP contribution in [-0.2, 0) is 4.79 Å². The average molecular weight is 676 g/mol. The molecule has 49 heavy (non-hydrogen) atoms. The van der Waals surface area contributed by atoms with E-state index in [0.717, 1.165) is 44.3 Å². The lowest BCUT2D eigenvalue weighted by Crippen LogP contribution is -2.57. The van der Waals surface area contributed by atoms with Gasteiger partial charge in [0, 0.05) is 43.4 Å². The van der Waals surface area contributed by atoms with Gasteiger partial charge in [-0.25, -0.2) is 0 Å². The van der Waals surface area contributed by atoms with E-state index >= 15 is 0 Å². The van der Waals surface area contributed by atoms with E-state index in [1.807, 2.05) is 6.07 Å². The molecule has 2 saturated carbocycles. The molecule has 0 bridgehead atoms. The zero-order chi connectivity index (χ0) is 36.0. The Bertz CT molecular complexity index is 1330. The molecule has 1 unspecified atom stereocenters. The van der Waals surface area contributed by atoms with Crippen molar-refractivity contribution in [2.24, 2.45) is 34.5 Å². The zero-order valence-electron chi connectivity index (χ0n) is 30.9. The van der Waals surface area contributed by atoms with Gasteiger partial charge in [0.25, 0.3) is 0 Å². The number of aromatic hydroxyl groups is 1. The lowest BCUT2D eigenvalue weighted by Gasteiger charge is -2.59. The number of rotatable bonds is 13. The Kier molecular flexibility index (Phi) is 16.0. The van der Waals surface area contributed by atoms with Gasteiger partial charge < -0.3 is 42.0 Å². The molecule has 8 nitrogen and oxygen atoms in total. The number of allylic oxidation sites excluding steroid dienone is 1. The smallest absolute Gasteiger partial charge is 0.124 e. The number of nitrogens with two attached hydrogens (primary N) is 3. The predicted octanol–water partition coefficient (Wildman–Crippen LogP) is 6.86. The molecule has 3 aliphatic rings. The second kappa shape index (κ2) is 19.6. The van der Waals surface area contributed by atoms with Crippen molar-refractivity contribution in [1.29, 1.82) is 0 Å². The lowest BCUT2D eigenvalue weighted by molar-refractivity contribution is -0.130. The summed E-state index contributed by atoms with van der Waals surface area (Å²) in [5.74, 6) is 2.07. The minimum Gasteiger partial charge on any atom is -0.507 e. The number of hydrogen-bond acceptors (Lipinski definition) is 8. The standard InChI is InChI=1S/C20H34N4O.C20H27NO.CH4O/c1-4-6-9-15(3)14-24(12-5-2)18(20(22)23)13-17(21)16-10-7-8-11-19(16)25;1-15-2-4-17(5-3-15)18-6-8-21(9-7-18)19-12-20(13-19)10-16(11-20)14-22;1-2/h7-8,10-11,13,15,25H,4-6,9,12,14,21-23H2,1-3H3;2-5,14,16,18-19H,6-13H2,1H3;2H,1H3/b17-13-;;. The van der Waals surface area contributed by atoms with Gasteiger partial charge in [-0.2, -0.15) is 0 Å². The largest absolute Gasteiger partial charge is 0.507 e. The Hall–Kier alpha value is -3.49. The Labute approximate surface area is 296 Å². The Morgan fingerprint density at radius 1 is 0.980 bits per heavy atom. The minimum atomic E-state index is 0.143. The van der Waals surface area contributed by atoms with E-state index in [1.54, 1.807) is 24.3 Å². The number of nitrogens with zero attached hydrogens (tertiary/aromatic N) is 2. The molecular formula is C41H65N5O3. The summed E-state index contributed by atoms with van der Waals surface area (Å²) in [5, 5.41) is 17.0. The highest BCUT2D eigenvalue weighted by Gasteiger charge is 2.54. The fourth-order valence-electron chi connectivity index (χ4n) is 8.02. The summed E-state index contributed by atoms with van der Waals surface area (Å²) in [6, 6.07) is 16.9. The first-order valence-electron chi connectivity index (χ1n) is 18.5. The van der Waals surface area contributed by atoms with E-state index in [9.17, 15) is 9.90 Å². The average Bonchev–Trinajstić information content (AvgIpc) is 3.07. The maximum absolute atomic E-state index is 10.8. The molecule has 2 aromatic rings. The lowest BCUT2D eigenvalue weighted by atomic mass is 9.50. The van der Waals surface area contributed by atoms with Crippen LogP contribution in [0.5, 0.6) is 5.75 Å². The number of aliphatic hydroxyl groups is 1. The first-order valence-corrected chi connectivity index (χ1v) is 18.5. The summed E-state index contributed by atoms with van der Waals surface area (Å²) < 4.78 is 0. The monoisotopic (exact) mass is 676 g/mol. The van der Waals surface area contributed by atoms with Crippen molar-refractivity contribution in [1.82, 2.24) is 9.80 Å². The molecule has 1 atom stereocenters. The van der Waals surface area contributed by atoms with Crippen LogP contribution in [0.3, 0.4) is 0 Å². The van der Waals surface area contributed by atoms with Crippen LogP contribution in [0.2, 0.25) is 0 Å². The van der Waals surface area contributed by atoms with Crippen LogP contribution < -0.4 is 17.2 Å². The van der Waals surface area contributed by atoms with E-state index < -0.39 is 0 Å². The zero-order valence-corrected chi connectivity index (χ0v) is 30.9. The Morgan fingerprint density at radius 2 is 1.61 bits per heavy atom. The Balaban J connectivity index is 0.000000254. The first kappa shape index (κ1) is 39.9. The van der Waals surface area contributed by atoms with Gasteiger partial charge in [-0.05, 0) is 112 Å². The number of piperidine rings is 1. The second-order valence-corrected chi connectivity index (χ2v) is 14.7. The molecule has 1 saturated heterocycles. The number of benzene rings is 2. The number of phenolic OH excluding ortho intramolecular Hbond substituents is 1. The normalized spacial score (nSPS) is 22.7. The molecule has 272 valence electrons. The van der Waals surface area contributed by atoms with Crippen LogP contribution in [0.25, 0.3) is 5.70 Å². The summed E-state index contributed by atoms with van der Waals surface area (Å²) in [6.07, 6.45) is 15.2. The number of unbranched alkanes of at least 4 members (excludes halogenated alkanes) is 1. The van der Waals surface area contributed by atoms with E-state index in [4.69, 9.17) is 22.3 Å². The van der Waals surface area contributed by atoms with Gasteiger partial charge >= 0.3 is 0 Å². The van der Waals surface area contributed by atoms with Crippen LogP contribution in [-0.4, -0.2) is 65.6 Å². The van der Waals surface area contributed by atoms with Crippen molar-refractivity contribution in [3.05, 3.63) is 82.8 Å². The second-order valence-electron chi connectivity index (χ2n) is 14.7. The molecule has 1 spiro atoms. The highest BCUT2D eigenvalue weighted by molar-refractivity contribution is 5.69.